The van der Waals surface area contributed by atoms with E-state index in [0.717, 1.165) is 15.5 Å². The number of ether oxygens (including phenoxy) is 1. The summed E-state index contributed by atoms with van der Waals surface area (Å²) >= 11 is 0. The first-order valence-electron chi connectivity index (χ1n) is 5.52. The molecule has 5 nitrogen and oxygen atoms in total. The maximum absolute atomic E-state index is 11.1. The van der Waals surface area contributed by atoms with Crippen LogP contribution in [0.1, 0.15) is 12.0 Å². The summed E-state index contributed by atoms with van der Waals surface area (Å²) < 4.78 is 5.75. The number of fused-ring (bicyclic) bond motifs is 1. The molecule has 0 radical (unpaired) electrons. The molecule has 2 rings (SSSR count). The van der Waals surface area contributed by atoms with E-state index in [4.69, 9.17) is 5.11 Å². The van der Waals surface area contributed by atoms with Gasteiger partial charge in [-0.2, -0.15) is 0 Å². The van der Waals surface area contributed by atoms with Crippen molar-refractivity contribution in [2.45, 2.75) is 12.8 Å². The zero-order valence-electron chi connectivity index (χ0n) is 9.92. The number of rotatable bonds is 3. The van der Waals surface area contributed by atoms with Gasteiger partial charge in [0.25, 0.3) is 0 Å². The van der Waals surface area contributed by atoms with Gasteiger partial charge in [0, 0.05) is 18.0 Å². The quantitative estimate of drug-likeness (QED) is 0.845. The summed E-state index contributed by atoms with van der Waals surface area (Å²) in [5, 5.41) is 9.86. The van der Waals surface area contributed by atoms with Crippen LogP contribution >= 0.6 is 0 Å². The lowest BCUT2D eigenvalue weighted by Crippen LogP contribution is -2.06. The normalized spacial score (nSPS) is 10.5. The van der Waals surface area contributed by atoms with Crippen LogP contribution in [0, 0.1) is 0 Å². The van der Waals surface area contributed by atoms with E-state index in [1.54, 1.807) is 18.2 Å². The molecule has 0 aliphatic carbocycles. The van der Waals surface area contributed by atoms with Crippen LogP contribution in [0.25, 0.3) is 10.9 Å². The van der Waals surface area contributed by atoms with Crippen molar-refractivity contribution >= 4 is 23.0 Å². The average molecular weight is 247 g/mol. The number of carboxylic acid groups (broad SMARTS) is 1. The molecule has 0 spiro atoms. The van der Waals surface area contributed by atoms with Gasteiger partial charge >= 0.3 is 12.1 Å². The van der Waals surface area contributed by atoms with Crippen molar-refractivity contribution < 1.29 is 19.4 Å². The summed E-state index contributed by atoms with van der Waals surface area (Å²) in [4.78, 5) is 22.1. The second kappa shape index (κ2) is 4.91. The summed E-state index contributed by atoms with van der Waals surface area (Å²) in [5.41, 5.74) is 1.57. The molecule has 18 heavy (non-hydrogen) atoms. The molecule has 1 aromatic carbocycles. The van der Waals surface area contributed by atoms with Gasteiger partial charge in [-0.25, -0.2) is 4.79 Å². The molecular weight excluding hydrogens is 234 g/mol. The first-order valence-corrected chi connectivity index (χ1v) is 5.52. The fraction of sp³-hybridized carbons (Fsp3) is 0.231. The van der Waals surface area contributed by atoms with Gasteiger partial charge in [-0.1, -0.05) is 12.1 Å². The minimum absolute atomic E-state index is 0.273. The van der Waals surface area contributed by atoms with Crippen molar-refractivity contribution in [3.8, 4) is 0 Å². The highest BCUT2D eigenvalue weighted by Gasteiger charge is 2.10. The van der Waals surface area contributed by atoms with Crippen LogP contribution in [0.15, 0.2) is 30.5 Å². The van der Waals surface area contributed by atoms with Gasteiger partial charge in [0.05, 0.1) is 12.6 Å². The lowest BCUT2D eigenvalue weighted by atomic mass is 10.1. The minimum atomic E-state index is -1.02. The topological polar surface area (TPSA) is 68.5 Å². The van der Waals surface area contributed by atoms with Crippen molar-refractivity contribution in [3.63, 3.8) is 0 Å². The molecule has 5 heteroatoms. The van der Waals surface area contributed by atoms with Gasteiger partial charge < -0.3 is 9.84 Å². The van der Waals surface area contributed by atoms with Gasteiger partial charge in [-0.05, 0) is 24.1 Å². The van der Waals surface area contributed by atoms with E-state index in [-0.39, 0.29) is 12.4 Å². The van der Waals surface area contributed by atoms with Crippen molar-refractivity contribution in [1.29, 1.82) is 0 Å². The second-order valence-electron chi connectivity index (χ2n) is 3.89. The van der Waals surface area contributed by atoms with E-state index in [9.17, 15) is 9.59 Å². The number of aromatic nitrogens is 1. The molecule has 94 valence electrons. The molecule has 2 aromatic rings. The molecule has 0 bridgehead atoms. The Kier molecular flexibility index (Phi) is 3.32. The highest BCUT2D eigenvalue weighted by Crippen LogP contribution is 2.21. The highest BCUT2D eigenvalue weighted by molar-refractivity contribution is 5.91. The number of carbonyl (C=O) groups is 2. The molecule has 0 atom stereocenters. The zero-order chi connectivity index (χ0) is 13.1. The molecule has 1 heterocycles. The Morgan fingerprint density at radius 1 is 1.33 bits per heavy atom. The maximum atomic E-state index is 11.1. The minimum Gasteiger partial charge on any atom is -0.469 e. The van der Waals surface area contributed by atoms with Crippen LogP contribution in [0.5, 0.6) is 0 Å². The van der Waals surface area contributed by atoms with Gasteiger partial charge in [-0.15, -0.1) is 0 Å². The van der Waals surface area contributed by atoms with Gasteiger partial charge in [0.2, 0.25) is 0 Å². The van der Waals surface area contributed by atoms with Crippen LogP contribution in [0.4, 0.5) is 4.79 Å². The number of nitrogens with zero attached hydrogens (tertiary/aromatic N) is 1. The Labute approximate surface area is 104 Å². The standard InChI is InChI=1S/C13H13NO4/c1-18-12(15)6-5-9-3-2-4-11-10(9)7-8-14(11)13(16)17/h2-4,7-8H,5-6H2,1H3,(H,16,17). The third kappa shape index (κ3) is 2.20. The van der Waals surface area contributed by atoms with E-state index < -0.39 is 6.09 Å². The number of hydrogen-bond acceptors (Lipinski definition) is 3. The van der Waals surface area contributed by atoms with Crippen LogP contribution < -0.4 is 0 Å². The Balaban J connectivity index is 2.34. The molecule has 0 saturated carbocycles. The Bertz CT molecular complexity index is 600. The number of aryl methyl sites for hydroxylation is 1. The predicted molar refractivity (Wildman–Crippen MR) is 65.7 cm³/mol. The summed E-state index contributed by atoms with van der Waals surface area (Å²) in [6.07, 6.45) is 1.31. The monoisotopic (exact) mass is 247 g/mol. The van der Waals surface area contributed by atoms with Crippen molar-refractivity contribution in [2.75, 3.05) is 7.11 Å². The van der Waals surface area contributed by atoms with Crippen LogP contribution in [-0.2, 0) is 16.0 Å². The summed E-state index contributed by atoms with van der Waals surface area (Å²) in [7, 11) is 1.35. The molecular formula is C13H13NO4. The smallest absolute Gasteiger partial charge is 0.415 e. The van der Waals surface area contributed by atoms with Gasteiger partial charge in [0.15, 0.2) is 0 Å². The second-order valence-corrected chi connectivity index (χ2v) is 3.89. The average Bonchev–Trinajstić information content (AvgIpc) is 2.80. The molecule has 0 fully saturated rings. The molecule has 0 unspecified atom stereocenters. The number of esters is 1. The Hall–Kier alpha value is -2.30. The Morgan fingerprint density at radius 2 is 2.11 bits per heavy atom. The number of methoxy groups -OCH3 is 1. The largest absolute Gasteiger partial charge is 0.469 e. The number of benzene rings is 1. The van der Waals surface area contributed by atoms with E-state index in [1.165, 1.54) is 13.3 Å². The molecule has 0 amide bonds. The predicted octanol–water partition coefficient (Wildman–Crippen LogP) is 2.27. The fourth-order valence-corrected chi connectivity index (χ4v) is 1.95. The lowest BCUT2D eigenvalue weighted by Gasteiger charge is -2.03. The van der Waals surface area contributed by atoms with Gasteiger partial charge in [-0.3, -0.25) is 9.36 Å². The zero-order valence-corrected chi connectivity index (χ0v) is 9.92. The first-order chi connectivity index (χ1) is 8.63. The van der Waals surface area contributed by atoms with Crippen molar-refractivity contribution in [1.82, 2.24) is 4.57 Å². The SMILES string of the molecule is COC(=O)CCc1cccc2c1ccn2C(=O)O. The van der Waals surface area contributed by atoms with E-state index in [2.05, 4.69) is 4.74 Å². The third-order valence-corrected chi connectivity index (χ3v) is 2.86. The summed E-state index contributed by atoms with van der Waals surface area (Å²) in [6, 6.07) is 7.16. The Morgan fingerprint density at radius 3 is 2.78 bits per heavy atom. The molecule has 1 aromatic heterocycles. The number of carbonyl (C=O) groups excluding carboxylic acids is 1. The fourth-order valence-electron chi connectivity index (χ4n) is 1.95. The molecule has 0 aliphatic heterocycles. The summed E-state index contributed by atoms with van der Waals surface area (Å²) in [6.45, 7) is 0. The van der Waals surface area contributed by atoms with Gasteiger partial charge in [0.1, 0.15) is 0 Å². The van der Waals surface area contributed by atoms with Crippen LogP contribution in [0.3, 0.4) is 0 Å². The third-order valence-electron chi connectivity index (χ3n) is 2.86. The molecule has 0 aliphatic rings. The highest BCUT2D eigenvalue weighted by atomic mass is 16.5. The van der Waals surface area contributed by atoms with Crippen LogP contribution in [0.2, 0.25) is 0 Å². The number of hydrogen-bond donors (Lipinski definition) is 1. The van der Waals surface area contributed by atoms with Crippen LogP contribution in [-0.4, -0.2) is 28.8 Å². The summed E-state index contributed by atoms with van der Waals surface area (Å²) in [5.74, 6) is -0.273. The molecule has 0 saturated heterocycles. The van der Waals surface area contributed by atoms with E-state index in [0.29, 0.717) is 11.9 Å². The molecule has 1 N–H and O–H groups in total. The lowest BCUT2D eigenvalue weighted by molar-refractivity contribution is -0.140. The van der Waals surface area contributed by atoms with Crippen molar-refractivity contribution in [3.05, 3.63) is 36.0 Å². The van der Waals surface area contributed by atoms with E-state index in [1.807, 2.05) is 6.07 Å². The van der Waals surface area contributed by atoms with Crippen molar-refractivity contribution in [2.24, 2.45) is 0 Å². The van der Waals surface area contributed by atoms with E-state index >= 15 is 0 Å². The maximum Gasteiger partial charge on any atom is 0.415 e. The first kappa shape index (κ1) is 12.2.